The number of carbonyl (C=O) groups excluding carboxylic acids is 1. The molecule has 5 nitrogen and oxygen atoms in total. The predicted octanol–water partition coefficient (Wildman–Crippen LogP) is 4.27. The Hall–Kier alpha value is -1.74. The van der Waals surface area contributed by atoms with Gasteiger partial charge in [-0.3, -0.25) is 0 Å². The molecule has 0 saturated heterocycles. The molecule has 0 spiro atoms. The number of carbonyl (C=O) groups is 1. The van der Waals surface area contributed by atoms with Crippen LogP contribution in [0.3, 0.4) is 0 Å². The summed E-state index contributed by atoms with van der Waals surface area (Å²) in [6.07, 6.45) is -0.702. The van der Waals surface area contributed by atoms with E-state index in [4.69, 9.17) is 4.74 Å². The second kappa shape index (κ2) is 6.57. The molecule has 0 atom stereocenters. The lowest BCUT2D eigenvalue weighted by Crippen LogP contribution is -2.33. The minimum absolute atomic E-state index is 0.0136. The molecular weight excluding hydrogens is 332 g/mol. The first-order valence-corrected chi connectivity index (χ1v) is 7.89. The van der Waals surface area contributed by atoms with Gasteiger partial charge >= 0.3 is 6.09 Å². The summed E-state index contributed by atoms with van der Waals surface area (Å²) in [4.78, 5) is 19.4. The van der Waals surface area contributed by atoms with E-state index in [0.717, 1.165) is 22.3 Å². The summed E-state index contributed by atoms with van der Waals surface area (Å²) in [7, 11) is 0. The van der Waals surface area contributed by atoms with Crippen LogP contribution in [0.4, 0.5) is 19.4 Å². The second-order valence-electron chi connectivity index (χ2n) is 5.14. The minimum Gasteiger partial charge on any atom is -0.443 e. The molecule has 0 unspecified atom stereocenters. The van der Waals surface area contributed by atoms with Crippen LogP contribution in [0.5, 0.6) is 0 Å². The van der Waals surface area contributed by atoms with Gasteiger partial charge in [-0.1, -0.05) is 0 Å². The summed E-state index contributed by atoms with van der Waals surface area (Å²) in [5.74, 6) is -1.64. The first kappa shape index (κ1) is 16.6. The van der Waals surface area contributed by atoms with Crippen molar-refractivity contribution in [3.05, 3.63) is 34.9 Å². The number of anilines is 1. The summed E-state index contributed by atoms with van der Waals surface area (Å²) >= 11 is 2.01. The van der Waals surface area contributed by atoms with Gasteiger partial charge in [0, 0.05) is 17.3 Å². The Bertz CT molecular complexity index is 660. The van der Waals surface area contributed by atoms with Gasteiger partial charge in [0.15, 0.2) is 5.82 Å². The van der Waals surface area contributed by atoms with E-state index in [1.165, 1.54) is 22.9 Å². The normalized spacial score (nSPS) is 11.3. The summed E-state index contributed by atoms with van der Waals surface area (Å²) in [6.45, 7) is 5.15. The smallest absolute Gasteiger partial charge is 0.426 e. The molecule has 2 rings (SSSR count). The zero-order valence-electron chi connectivity index (χ0n) is 12.0. The SMILES string of the molecule is CC(C)(C)OC(=O)N(Sc1ccc(F)nc1F)c1cscn1. The Morgan fingerprint density at radius 3 is 2.64 bits per heavy atom. The molecule has 22 heavy (non-hydrogen) atoms. The molecule has 0 bridgehead atoms. The van der Waals surface area contributed by atoms with Crippen molar-refractivity contribution in [1.82, 2.24) is 9.97 Å². The fraction of sp³-hybridized carbons (Fsp3) is 0.308. The van der Waals surface area contributed by atoms with E-state index in [1.54, 1.807) is 26.2 Å². The van der Waals surface area contributed by atoms with Crippen LogP contribution >= 0.6 is 23.3 Å². The molecule has 0 radical (unpaired) electrons. The average molecular weight is 345 g/mol. The van der Waals surface area contributed by atoms with Gasteiger partial charge in [-0.15, -0.1) is 11.3 Å². The Labute approximate surface area is 134 Å². The molecule has 9 heteroatoms. The number of hydrogen-bond donors (Lipinski definition) is 0. The lowest BCUT2D eigenvalue weighted by atomic mass is 10.2. The second-order valence-corrected chi connectivity index (χ2v) is 6.84. The topological polar surface area (TPSA) is 55.3 Å². The number of ether oxygens (including phenoxy) is 1. The molecule has 0 saturated carbocycles. The van der Waals surface area contributed by atoms with Crippen LogP contribution in [0, 0.1) is 11.9 Å². The van der Waals surface area contributed by atoms with E-state index in [9.17, 15) is 13.6 Å². The van der Waals surface area contributed by atoms with Crippen LogP contribution in [0.15, 0.2) is 27.9 Å². The fourth-order valence-corrected chi connectivity index (χ4v) is 2.69. The van der Waals surface area contributed by atoms with Crippen LogP contribution in [0.2, 0.25) is 0 Å². The molecule has 1 amide bonds. The van der Waals surface area contributed by atoms with E-state index in [-0.39, 0.29) is 4.90 Å². The van der Waals surface area contributed by atoms with Gasteiger partial charge in [-0.25, -0.2) is 9.78 Å². The summed E-state index contributed by atoms with van der Waals surface area (Å²) in [5, 5.41) is 1.62. The Morgan fingerprint density at radius 2 is 2.09 bits per heavy atom. The molecule has 0 N–H and O–H groups in total. The van der Waals surface area contributed by atoms with Crippen molar-refractivity contribution in [2.24, 2.45) is 0 Å². The molecule has 2 aromatic heterocycles. The van der Waals surface area contributed by atoms with Gasteiger partial charge in [-0.2, -0.15) is 18.1 Å². The number of rotatable bonds is 3. The zero-order chi connectivity index (χ0) is 16.3. The van der Waals surface area contributed by atoms with Gasteiger partial charge in [-0.05, 0) is 32.9 Å². The van der Waals surface area contributed by atoms with Crippen LogP contribution in [0.25, 0.3) is 0 Å². The number of nitrogens with zero attached hydrogens (tertiary/aromatic N) is 3. The fourth-order valence-electron chi connectivity index (χ4n) is 1.35. The van der Waals surface area contributed by atoms with Gasteiger partial charge in [0.25, 0.3) is 0 Å². The molecule has 0 fully saturated rings. The Kier molecular flexibility index (Phi) is 4.97. The first-order valence-electron chi connectivity index (χ1n) is 6.17. The number of thiazole rings is 1. The Balaban J connectivity index is 2.27. The Morgan fingerprint density at radius 1 is 1.36 bits per heavy atom. The number of amides is 1. The maximum atomic E-state index is 13.7. The van der Waals surface area contributed by atoms with E-state index < -0.39 is 23.6 Å². The lowest BCUT2D eigenvalue weighted by molar-refractivity contribution is 0.0611. The largest absolute Gasteiger partial charge is 0.443 e. The third kappa shape index (κ3) is 4.38. The highest BCUT2D eigenvalue weighted by Crippen LogP contribution is 2.31. The highest BCUT2D eigenvalue weighted by atomic mass is 32.2. The summed E-state index contributed by atoms with van der Waals surface area (Å²) in [5.41, 5.74) is 0.817. The zero-order valence-corrected chi connectivity index (χ0v) is 13.7. The van der Waals surface area contributed by atoms with Crippen molar-refractivity contribution in [1.29, 1.82) is 0 Å². The molecule has 0 aliphatic carbocycles. The van der Waals surface area contributed by atoms with Crippen molar-refractivity contribution in [2.75, 3.05) is 4.31 Å². The first-order chi connectivity index (χ1) is 10.3. The number of halogens is 2. The van der Waals surface area contributed by atoms with Crippen molar-refractivity contribution in [3.8, 4) is 0 Å². The average Bonchev–Trinajstić information content (AvgIpc) is 2.89. The highest BCUT2D eigenvalue weighted by molar-refractivity contribution is 8.01. The van der Waals surface area contributed by atoms with Crippen molar-refractivity contribution >= 4 is 35.2 Å². The summed E-state index contributed by atoms with van der Waals surface area (Å²) in [6, 6.07) is 2.21. The number of aromatic nitrogens is 2. The van der Waals surface area contributed by atoms with E-state index in [1.807, 2.05) is 0 Å². The molecule has 0 aliphatic heterocycles. The van der Waals surface area contributed by atoms with Crippen LogP contribution in [-0.2, 0) is 4.74 Å². The van der Waals surface area contributed by atoms with Gasteiger partial charge < -0.3 is 4.74 Å². The maximum absolute atomic E-state index is 13.7. The van der Waals surface area contributed by atoms with E-state index in [2.05, 4.69) is 9.97 Å². The van der Waals surface area contributed by atoms with Crippen molar-refractivity contribution < 1.29 is 18.3 Å². The lowest BCUT2D eigenvalue weighted by Gasteiger charge is -2.25. The molecule has 2 aromatic rings. The van der Waals surface area contributed by atoms with E-state index in [0.29, 0.717) is 5.82 Å². The quantitative estimate of drug-likeness (QED) is 0.614. The predicted molar refractivity (Wildman–Crippen MR) is 80.8 cm³/mol. The summed E-state index contributed by atoms with van der Waals surface area (Å²) < 4.78 is 32.9. The standard InChI is InChI=1S/C13H13F2N3O2S2/c1-13(2,3)20-12(19)18(10-6-21-7-16-10)22-8-4-5-9(14)17-11(8)15/h4-7H,1-3H3. The minimum atomic E-state index is -1.01. The third-order valence-corrected chi connectivity index (χ3v) is 3.75. The van der Waals surface area contributed by atoms with Gasteiger partial charge in [0.2, 0.25) is 11.9 Å². The molecule has 2 heterocycles. The molecular formula is C13H13F2N3O2S2. The molecule has 0 aromatic carbocycles. The monoisotopic (exact) mass is 345 g/mol. The molecule has 118 valence electrons. The number of pyridine rings is 1. The maximum Gasteiger partial charge on any atom is 0.426 e. The highest BCUT2D eigenvalue weighted by Gasteiger charge is 2.27. The van der Waals surface area contributed by atoms with Crippen LogP contribution in [-0.4, -0.2) is 21.7 Å². The van der Waals surface area contributed by atoms with Crippen molar-refractivity contribution in [3.63, 3.8) is 0 Å². The van der Waals surface area contributed by atoms with Gasteiger partial charge in [0.05, 0.1) is 10.4 Å². The third-order valence-electron chi connectivity index (χ3n) is 2.16. The number of hydrogen-bond acceptors (Lipinski definition) is 6. The van der Waals surface area contributed by atoms with Crippen molar-refractivity contribution in [2.45, 2.75) is 31.3 Å². The van der Waals surface area contributed by atoms with Gasteiger partial charge in [0.1, 0.15) is 5.60 Å². The van der Waals surface area contributed by atoms with E-state index >= 15 is 0 Å². The molecule has 0 aliphatic rings. The van der Waals surface area contributed by atoms with Crippen LogP contribution < -0.4 is 4.31 Å². The van der Waals surface area contributed by atoms with Crippen LogP contribution in [0.1, 0.15) is 20.8 Å².